The van der Waals surface area contributed by atoms with Crippen LogP contribution in [0.4, 0.5) is 0 Å². The number of hydrogen-bond donors (Lipinski definition) is 1. The minimum atomic E-state index is -0.0685. The van der Waals surface area contributed by atoms with E-state index in [1.165, 1.54) is 17.3 Å². The number of para-hydroxylation sites is 2. The number of nitriles is 1. The number of aromatic nitrogens is 6. The summed E-state index contributed by atoms with van der Waals surface area (Å²) in [6, 6.07) is 19.7. The number of imidazole rings is 1. The van der Waals surface area contributed by atoms with Crippen molar-refractivity contribution in [1.29, 1.82) is 5.26 Å². The number of hydrogen-bond acceptors (Lipinski definition) is 7. The van der Waals surface area contributed by atoms with Crippen LogP contribution in [0.5, 0.6) is 0 Å². The summed E-state index contributed by atoms with van der Waals surface area (Å²) in [5.74, 6) is 1.15. The van der Waals surface area contributed by atoms with Crippen molar-refractivity contribution in [3.8, 4) is 23.1 Å². The largest absolute Gasteiger partial charge is 0.510 e. The molecule has 0 aliphatic heterocycles. The molecule has 3 aromatic heterocycles. The van der Waals surface area contributed by atoms with Gasteiger partial charge in [0.25, 0.3) is 0 Å². The first kappa shape index (κ1) is 23.3. The molecule has 9 heteroatoms. The van der Waals surface area contributed by atoms with Gasteiger partial charge in [0, 0.05) is 25.0 Å². The van der Waals surface area contributed by atoms with E-state index in [9.17, 15) is 10.4 Å². The molecule has 5 rings (SSSR count). The average molecular weight is 494 g/mol. The van der Waals surface area contributed by atoms with Crippen molar-refractivity contribution in [2.75, 3.05) is 5.75 Å². The van der Waals surface area contributed by atoms with Gasteiger partial charge in [-0.05, 0) is 61.4 Å². The quantitative estimate of drug-likeness (QED) is 0.191. The third-order valence-corrected chi connectivity index (χ3v) is 7.01. The molecule has 178 valence electrons. The summed E-state index contributed by atoms with van der Waals surface area (Å²) >= 11 is 1.30. The highest BCUT2D eigenvalue weighted by Crippen LogP contribution is 2.31. The van der Waals surface area contributed by atoms with Crippen LogP contribution < -0.4 is 0 Å². The summed E-state index contributed by atoms with van der Waals surface area (Å²) in [5.41, 5.74) is 5.91. The second-order valence-electron chi connectivity index (χ2n) is 8.35. The molecule has 0 unspecified atom stereocenters. The monoisotopic (exact) mass is 493 g/mol. The Morgan fingerprint density at radius 2 is 1.81 bits per heavy atom. The maximum absolute atomic E-state index is 11.0. The lowest BCUT2D eigenvalue weighted by atomic mass is 10.1. The highest BCUT2D eigenvalue weighted by molar-refractivity contribution is 7.99. The Hall–Kier alpha value is -4.42. The zero-order chi connectivity index (χ0) is 25.2. The van der Waals surface area contributed by atoms with E-state index in [4.69, 9.17) is 0 Å². The first-order chi connectivity index (χ1) is 17.5. The average Bonchev–Trinajstić information content (AvgIpc) is 3.47. The van der Waals surface area contributed by atoms with E-state index in [1.807, 2.05) is 58.6 Å². The SMILES string of the molecule is Cc1ccc(-n2c(SC/C(O)=C(\C#N)c3nc4ccccc4n3C)nnc2-c2ccncc2)cc1C. The van der Waals surface area contributed by atoms with Crippen LogP contribution in [0.2, 0.25) is 0 Å². The van der Waals surface area contributed by atoms with Crippen LogP contribution in [0.1, 0.15) is 17.0 Å². The second-order valence-corrected chi connectivity index (χ2v) is 9.29. The third kappa shape index (κ3) is 4.23. The molecule has 3 heterocycles. The highest BCUT2D eigenvalue weighted by Gasteiger charge is 2.20. The molecule has 0 spiro atoms. The topological polar surface area (TPSA) is 105 Å². The molecule has 36 heavy (non-hydrogen) atoms. The summed E-state index contributed by atoms with van der Waals surface area (Å²) in [4.78, 5) is 8.67. The van der Waals surface area contributed by atoms with Gasteiger partial charge in [-0.2, -0.15) is 5.26 Å². The molecule has 0 saturated carbocycles. The van der Waals surface area contributed by atoms with Gasteiger partial charge in [-0.3, -0.25) is 9.55 Å². The number of benzene rings is 2. The Labute approximate surface area is 212 Å². The maximum atomic E-state index is 11.0. The predicted octanol–water partition coefficient (Wildman–Crippen LogP) is 5.42. The van der Waals surface area contributed by atoms with Gasteiger partial charge < -0.3 is 9.67 Å². The lowest BCUT2D eigenvalue weighted by Crippen LogP contribution is -2.03. The van der Waals surface area contributed by atoms with Crippen LogP contribution >= 0.6 is 11.8 Å². The van der Waals surface area contributed by atoms with Crippen LogP contribution in [-0.2, 0) is 7.05 Å². The van der Waals surface area contributed by atoms with Gasteiger partial charge in [-0.25, -0.2) is 4.98 Å². The summed E-state index contributed by atoms with van der Waals surface area (Å²) in [7, 11) is 1.83. The second kappa shape index (κ2) is 9.68. The molecule has 0 aliphatic carbocycles. The lowest BCUT2D eigenvalue weighted by molar-refractivity contribution is 0.420. The first-order valence-electron chi connectivity index (χ1n) is 11.3. The summed E-state index contributed by atoms with van der Waals surface area (Å²) in [6.45, 7) is 4.13. The minimum absolute atomic E-state index is 0.0685. The van der Waals surface area contributed by atoms with Gasteiger partial charge in [0.15, 0.2) is 16.8 Å². The van der Waals surface area contributed by atoms with Gasteiger partial charge in [-0.15, -0.1) is 10.2 Å². The van der Waals surface area contributed by atoms with Gasteiger partial charge in [-0.1, -0.05) is 30.0 Å². The van der Waals surface area contributed by atoms with Crippen LogP contribution in [0.25, 0.3) is 33.7 Å². The van der Waals surface area contributed by atoms with E-state index in [2.05, 4.69) is 52.2 Å². The zero-order valence-corrected chi connectivity index (χ0v) is 20.9. The third-order valence-electron chi connectivity index (χ3n) is 6.07. The zero-order valence-electron chi connectivity index (χ0n) is 20.0. The molecule has 0 fully saturated rings. The molecule has 0 radical (unpaired) electrons. The number of rotatable bonds is 6. The number of nitrogens with zero attached hydrogens (tertiary/aromatic N) is 7. The summed E-state index contributed by atoms with van der Waals surface area (Å²) in [6.07, 6.45) is 3.43. The fourth-order valence-electron chi connectivity index (χ4n) is 3.97. The van der Waals surface area contributed by atoms with Crippen LogP contribution in [0.3, 0.4) is 0 Å². The Morgan fingerprint density at radius 3 is 2.53 bits per heavy atom. The fraction of sp³-hybridized carbons (Fsp3) is 0.148. The van der Waals surface area contributed by atoms with Gasteiger partial charge in [0.1, 0.15) is 17.4 Å². The van der Waals surface area contributed by atoms with E-state index < -0.39 is 0 Å². The molecule has 0 saturated heterocycles. The molecular formula is C27H23N7OS. The minimum Gasteiger partial charge on any atom is -0.510 e. The van der Waals surface area contributed by atoms with Crippen molar-refractivity contribution >= 4 is 28.4 Å². The van der Waals surface area contributed by atoms with E-state index in [0.29, 0.717) is 16.8 Å². The summed E-state index contributed by atoms with van der Waals surface area (Å²) in [5, 5.41) is 30.3. The van der Waals surface area contributed by atoms with Crippen LogP contribution in [0.15, 0.2) is 77.9 Å². The number of aliphatic hydroxyl groups excluding tert-OH is 1. The molecule has 2 aromatic carbocycles. The first-order valence-corrected chi connectivity index (χ1v) is 12.3. The van der Waals surface area contributed by atoms with Crippen molar-refractivity contribution in [2.24, 2.45) is 7.05 Å². The van der Waals surface area contributed by atoms with Crippen LogP contribution in [0, 0.1) is 25.2 Å². The number of fused-ring (bicyclic) bond motifs is 1. The van der Waals surface area contributed by atoms with Crippen molar-refractivity contribution < 1.29 is 5.11 Å². The Balaban J connectivity index is 1.53. The molecule has 0 bridgehead atoms. The van der Waals surface area contributed by atoms with Gasteiger partial charge in [0.2, 0.25) is 0 Å². The fourth-order valence-corrected chi connectivity index (χ4v) is 4.80. The number of aliphatic hydroxyl groups is 1. The number of thioether (sulfide) groups is 1. The molecule has 0 amide bonds. The highest BCUT2D eigenvalue weighted by atomic mass is 32.2. The molecule has 1 N–H and O–H groups in total. The Morgan fingerprint density at radius 1 is 1.03 bits per heavy atom. The van der Waals surface area contributed by atoms with Gasteiger partial charge >= 0.3 is 0 Å². The van der Waals surface area contributed by atoms with E-state index in [-0.39, 0.29) is 17.1 Å². The molecule has 0 aliphatic rings. The number of allylic oxidation sites excluding steroid dienone is 1. The molecule has 8 nitrogen and oxygen atoms in total. The molecule has 5 aromatic rings. The van der Waals surface area contributed by atoms with Crippen molar-refractivity contribution in [3.63, 3.8) is 0 Å². The van der Waals surface area contributed by atoms with Crippen molar-refractivity contribution in [2.45, 2.75) is 19.0 Å². The lowest BCUT2D eigenvalue weighted by Gasteiger charge is -2.12. The van der Waals surface area contributed by atoms with Crippen molar-refractivity contribution in [3.05, 3.63) is 89.7 Å². The smallest absolute Gasteiger partial charge is 0.196 e. The standard InChI is InChI=1S/C27H23N7OS/c1-17-8-9-20(14-18(17)2)34-25(19-10-12-29-13-11-19)31-32-27(34)36-16-24(35)21(15-28)26-30-22-6-4-5-7-23(22)33(26)3/h4-14,35H,16H2,1-3H3/b24-21-. The number of aryl methyl sites for hydroxylation is 3. The molecule has 0 atom stereocenters. The van der Waals surface area contributed by atoms with E-state index in [0.717, 1.165) is 27.8 Å². The number of pyridine rings is 1. The molecular weight excluding hydrogens is 470 g/mol. The van der Waals surface area contributed by atoms with E-state index >= 15 is 0 Å². The van der Waals surface area contributed by atoms with Gasteiger partial charge in [0.05, 0.1) is 22.5 Å². The summed E-state index contributed by atoms with van der Waals surface area (Å²) < 4.78 is 3.77. The van der Waals surface area contributed by atoms with Crippen molar-refractivity contribution in [1.82, 2.24) is 29.3 Å². The normalized spacial score (nSPS) is 11.9. The predicted molar refractivity (Wildman–Crippen MR) is 141 cm³/mol. The Bertz CT molecular complexity index is 1640. The van der Waals surface area contributed by atoms with E-state index in [1.54, 1.807) is 12.4 Å². The van der Waals surface area contributed by atoms with Crippen LogP contribution in [-0.4, -0.2) is 40.2 Å². The maximum Gasteiger partial charge on any atom is 0.196 e. The Kier molecular flexibility index (Phi) is 6.27.